The largest absolute Gasteiger partial charge is 0.493 e. The highest BCUT2D eigenvalue weighted by molar-refractivity contribution is 5.81. The highest BCUT2D eigenvalue weighted by Gasteiger charge is 2.15. The van der Waals surface area contributed by atoms with Crippen LogP contribution in [-0.4, -0.2) is 39.6 Å². The minimum atomic E-state index is -0.310. The molecule has 0 saturated heterocycles. The molecule has 0 aromatic heterocycles. The molecule has 0 radical (unpaired) electrons. The molecule has 116 valence electrons. The Kier molecular flexibility index (Phi) is 6.48. The van der Waals surface area contributed by atoms with Crippen molar-refractivity contribution in [2.45, 2.75) is 13.5 Å². The molecule has 0 fully saturated rings. The van der Waals surface area contributed by atoms with Crippen LogP contribution >= 0.6 is 0 Å². The van der Waals surface area contributed by atoms with Crippen molar-refractivity contribution in [2.24, 2.45) is 0 Å². The Morgan fingerprint density at radius 3 is 2.48 bits per heavy atom. The monoisotopic (exact) mass is 296 g/mol. The van der Waals surface area contributed by atoms with Gasteiger partial charge in [-0.15, -0.1) is 0 Å². The Balaban J connectivity index is 2.64. The lowest BCUT2D eigenvalue weighted by Crippen LogP contribution is -3.09. The summed E-state index contributed by atoms with van der Waals surface area (Å²) in [6, 6.07) is 5.62. The molecular weight excluding hydrogens is 274 g/mol. The van der Waals surface area contributed by atoms with Gasteiger partial charge < -0.3 is 14.4 Å². The Morgan fingerprint density at radius 1 is 1.19 bits per heavy atom. The van der Waals surface area contributed by atoms with E-state index in [2.05, 4.69) is 10.9 Å². The molecule has 1 unspecified atom stereocenters. The van der Waals surface area contributed by atoms with Crippen LogP contribution in [0.4, 0.5) is 0 Å². The van der Waals surface area contributed by atoms with E-state index in [4.69, 9.17) is 9.47 Å². The van der Waals surface area contributed by atoms with Gasteiger partial charge in [-0.25, -0.2) is 0 Å². The quantitative estimate of drug-likeness (QED) is 0.581. The fourth-order valence-corrected chi connectivity index (χ4v) is 1.96. The second-order valence-electron chi connectivity index (χ2n) is 4.69. The molecule has 0 aliphatic rings. The van der Waals surface area contributed by atoms with E-state index in [-0.39, 0.29) is 18.4 Å². The van der Waals surface area contributed by atoms with Crippen molar-refractivity contribution in [3.8, 4) is 11.5 Å². The van der Waals surface area contributed by atoms with Crippen molar-refractivity contribution in [3.63, 3.8) is 0 Å². The first-order chi connectivity index (χ1) is 9.97. The number of amides is 2. The summed E-state index contributed by atoms with van der Waals surface area (Å²) in [5.74, 6) is 0.757. The predicted molar refractivity (Wildman–Crippen MR) is 77.0 cm³/mol. The van der Waals surface area contributed by atoms with Gasteiger partial charge in [0, 0.05) is 6.92 Å². The average molecular weight is 296 g/mol. The van der Waals surface area contributed by atoms with E-state index in [1.165, 1.54) is 6.92 Å². The van der Waals surface area contributed by atoms with Gasteiger partial charge in [0.2, 0.25) is 5.91 Å². The maximum Gasteiger partial charge on any atom is 0.293 e. The topological polar surface area (TPSA) is 81.1 Å². The molecular formula is C14H22N3O4+. The van der Waals surface area contributed by atoms with Crippen LogP contribution in [0.1, 0.15) is 12.5 Å². The van der Waals surface area contributed by atoms with E-state index in [0.717, 1.165) is 10.5 Å². The third kappa shape index (κ3) is 5.31. The van der Waals surface area contributed by atoms with Crippen LogP contribution in [0.3, 0.4) is 0 Å². The zero-order valence-corrected chi connectivity index (χ0v) is 12.8. The van der Waals surface area contributed by atoms with Crippen molar-refractivity contribution in [3.05, 3.63) is 23.8 Å². The van der Waals surface area contributed by atoms with E-state index in [1.807, 2.05) is 25.2 Å². The first-order valence-electron chi connectivity index (χ1n) is 6.54. The number of benzene rings is 1. The summed E-state index contributed by atoms with van der Waals surface area (Å²) in [6.07, 6.45) is 0. The normalized spacial score (nSPS) is 11.4. The molecule has 0 spiro atoms. The Bertz CT molecular complexity index is 505. The summed E-state index contributed by atoms with van der Waals surface area (Å²) in [7, 11) is 5.05. The number of quaternary nitrogens is 1. The summed E-state index contributed by atoms with van der Waals surface area (Å²) in [5, 5.41) is 0. The number of hydrogen-bond donors (Lipinski definition) is 3. The second-order valence-corrected chi connectivity index (χ2v) is 4.69. The first-order valence-corrected chi connectivity index (χ1v) is 6.54. The van der Waals surface area contributed by atoms with Crippen molar-refractivity contribution < 1.29 is 24.0 Å². The SMILES string of the molecule is COc1cccc(C[NH+](C)CC(=O)NNC(C)=O)c1OC. The van der Waals surface area contributed by atoms with Crippen LogP contribution in [0.25, 0.3) is 0 Å². The fourth-order valence-electron chi connectivity index (χ4n) is 1.96. The average Bonchev–Trinajstić information content (AvgIpc) is 2.44. The predicted octanol–water partition coefficient (Wildman–Crippen LogP) is -1.11. The van der Waals surface area contributed by atoms with Crippen molar-refractivity contribution in [1.82, 2.24) is 10.9 Å². The molecule has 21 heavy (non-hydrogen) atoms. The second kappa shape index (κ2) is 8.11. The lowest BCUT2D eigenvalue weighted by Gasteiger charge is -2.17. The van der Waals surface area contributed by atoms with E-state index in [9.17, 15) is 9.59 Å². The van der Waals surface area contributed by atoms with E-state index in [1.54, 1.807) is 14.2 Å². The summed E-state index contributed by atoms with van der Waals surface area (Å²) < 4.78 is 10.6. The van der Waals surface area contributed by atoms with Crippen LogP contribution in [-0.2, 0) is 16.1 Å². The third-order valence-corrected chi connectivity index (χ3v) is 2.82. The number of para-hydroxylation sites is 1. The minimum absolute atomic E-state index is 0.223. The molecule has 1 aromatic rings. The van der Waals surface area contributed by atoms with Gasteiger partial charge in [-0.05, 0) is 12.1 Å². The van der Waals surface area contributed by atoms with Gasteiger partial charge in [0.15, 0.2) is 18.0 Å². The molecule has 2 amide bonds. The highest BCUT2D eigenvalue weighted by atomic mass is 16.5. The van der Waals surface area contributed by atoms with Gasteiger partial charge >= 0.3 is 0 Å². The number of nitrogens with one attached hydrogen (secondary N) is 3. The Hall–Kier alpha value is -2.28. The number of methoxy groups -OCH3 is 2. The van der Waals surface area contributed by atoms with Crippen LogP contribution in [0, 0.1) is 0 Å². The number of carbonyl (C=O) groups is 2. The fraction of sp³-hybridized carbons (Fsp3) is 0.429. The van der Waals surface area contributed by atoms with Crippen LogP contribution in [0.2, 0.25) is 0 Å². The Morgan fingerprint density at radius 2 is 1.90 bits per heavy atom. The zero-order chi connectivity index (χ0) is 15.8. The number of likely N-dealkylation sites (N-methyl/N-ethyl adjacent to an activating group) is 1. The molecule has 7 nitrogen and oxygen atoms in total. The molecule has 1 rings (SSSR count). The van der Waals surface area contributed by atoms with Gasteiger partial charge in [-0.3, -0.25) is 20.4 Å². The summed E-state index contributed by atoms with van der Waals surface area (Å²) in [6.45, 7) is 2.15. The van der Waals surface area contributed by atoms with Gasteiger partial charge in [-0.2, -0.15) is 0 Å². The van der Waals surface area contributed by atoms with Gasteiger partial charge in [0.25, 0.3) is 5.91 Å². The third-order valence-electron chi connectivity index (χ3n) is 2.82. The van der Waals surface area contributed by atoms with E-state index < -0.39 is 0 Å². The molecule has 1 aromatic carbocycles. The smallest absolute Gasteiger partial charge is 0.293 e. The van der Waals surface area contributed by atoms with Gasteiger partial charge in [0.1, 0.15) is 6.54 Å². The number of carbonyl (C=O) groups excluding carboxylic acids is 2. The van der Waals surface area contributed by atoms with Crippen LogP contribution < -0.4 is 25.2 Å². The maximum atomic E-state index is 11.6. The molecule has 1 atom stereocenters. The Labute approximate surface area is 124 Å². The van der Waals surface area contributed by atoms with Crippen molar-refractivity contribution >= 4 is 11.8 Å². The van der Waals surface area contributed by atoms with E-state index >= 15 is 0 Å². The summed E-state index contributed by atoms with van der Waals surface area (Å²) in [5.41, 5.74) is 5.54. The highest BCUT2D eigenvalue weighted by Crippen LogP contribution is 2.29. The van der Waals surface area contributed by atoms with Crippen molar-refractivity contribution in [2.75, 3.05) is 27.8 Å². The molecule has 3 N–H and O–H groups in total. The molecule has 0 aliphatic heterocycles. The zero-order valence-electron chi connectivity index (χ0n) is 12.8. The summed E-state index contributed by atoms with van der Waals surface area (Å²) >= 11 is 0. The van der Waals surface area contributed by atoms with Crippen molar-refractivity contribution in [1.29, 1.82) is 0 Å². The lowest BCUT2D eigenvalue weighted by molar-refractivity contribution is -0.885. The van der Waals surface area contributed by atoms with Gasteiger partial charge in [-0.1, -0.05) is 6.07 Å². The molecule has 0 aliphatic carbocycles. The molecule has 0 saturated carbocycles. The molecule has 0 bridgehead atoms. The number of ether oxygens (including phenoxy) is 2. The lowest BCUT2D eigenvalue weighted by atomic mass is 10.1. The molecule has 7 heteroatoms. The standard InChI is InChI=1S/C14H21N3O4/c1-10(18)15-16-13(19)9-17(2)8-11-6-5-7-12(20-3)14(11)21-4/h5-7H,8-9H2,1-4H3,(H,15,18)(H,16,19)/p+1. The first kappa shape index (κ1) is 16.8. The summed E-state index contributed by atoms with van der Waals surface area (Å²) in [4.78, 5) is 23.3. The van der Waals surface area contributed by atoms with Crippen LogP contribution in [0.15, 0.2) is 18.2 Å². The number of rotatable bonds is 6. The van der Waals surface area contributed by atoms with E-state index in [0.29, 0.717) is 18.0 Å². The number of hydrazine groups is 1. The molecule has 0 heterocycles. The maximum absolute atomic E-state index is 11.6. The van der Waals surface area contributed by atoms with Crippen LogP contribution in [0.5, 0.6) is 11.5 Å². The van der Waals surface area contributed by atoms with Gasteiger partial charge in [0.05, 0.1) is 26.8 Å². The number of hydrogen-bond acceptors (Lipinski definition) is 4. The minimum Gasteiger partial charge on any atom is -0.493 e.